The first-order chi connectivity index (χ1) is 14.9. The largest absolute Gasteiger partial charge is 0.383 e. The molecule has 0 unspecified atom stereocenters. The van der Waals surface area contributed by atoms with Crippen LogP contribution in [0.3, 0.4) is 0 Å². The highest BCUT2D eigenvalue weighted by Crippen LogP contribution is 2.36. The number of carbonyl (C=O) groups excluding carboxylic acids is 1. The van der Waals surface area contributed by atoms with Crippen molar-refractivity contribution in [3.63, 3.8) is 0 Å². The van der Waals surface area contributed by atoms with Gasteiger partial charge in [0.2, 0.25) is 5.91 Å². The van der Waals surface area contributed by atoms with Gasteiger partial charge in [0.05, 0.1) is 11.6 Å². The van der Waals surface area contributed by atoms with Gasteiger partial charge in [0.25, 0.3) is 0 Å². The lowest BCUT2D eigenvalue weighted by Gasteiger charge is -2.15. The van der Waals surface area contributed by atoms with Crippen molar-refractivity contribution in [2.24, 2.45) is 0 Å². The number of imidazole rings is 1. The first-order valence-corrected chi connectivity index (χ1v) is 10.4. The van der Waals surface area contributed by atoms with Crippen molar-refractivity contribution in [1.82, 2.24) is 24.8 Å². The summed E-state index contributed by atoms with van der Waals surface area (Å²) in [6.45, 7) is 5.60. The van der Waals surface area contributed by atoms with Crippen LogP contribution in [0.2, 0.25) is 0 Å². The second-order valence-corrected chi connectivity index (χ2v) is 8.13. The van der Waals surface area contributed by atoms with Gasteiger partial charge in [-0.25, -0.2) is 15.0 Å². The Bertz CT molecular complexity index is 1340. The first-order valence-electron chi connectivity index (χ1n) is 10.4. The van der Waals surface area contributed by atoms with Crippen molar-refractivity contribution in [1.29, 1.82) is 0 Å². The predicted octanol–water partition coefficient (Wildman–Crippen LogP) is 3.80. The molecule has 31 heavy (non-hydrogen) atoms. The molecule has 0 saturated carbocycles. The van der Waals surface area contributed by atoms with Crippen LogP contribution in [-0.2, 0) is 11.2 Å². The summed E-state index contributed by atoms with van der Waals surface area (Å²) in [5.74, 6) is 1.14. The summed E-state index contributed by atoms with van der Waals surface area (Å²) in [6, 6.07) is 12.2. The zero-order chi connectivity index (χ0) is 21.7. The number of benzene rings is 1. The molecule has 0 fully saturated rings. The summed E-state index contributed by atoms with van der Waals surface area (Å²) in [6.07, 6.45) is 3.50. The van der Waals surface area contributed by atoms with E-state index in [4.69, 9.17) is 15.7 Å². The highest BCUT2D eigenvalue weighted by molar-refractivity contribution is 5.85. The molecular formula is C24H24N6O. The van der Waals surface area contributed by atoms with Gasteiger partial charge in [-0.2, -0.15) is 0 Å². The third kappa shape index (κ3) is 3.22. The minimum absolute atomic E-state index is 0.00739. The van der Waals surface area contributed by atoms with Gasteiger partial charge >= 0.3 is 0 Å². The average Bonchev–Trinajstić information content (AvgIpc) is 3.29. The van der Waals surface area contributed by atoms with E-state index in [1.54, 1.807) is 13.1 Å². The van der Waals surface area contributed by atoms with Crippen LogP contribution < -0.4 is 11.1 Å². The molecule has 7 nitrogen and oxygen atoms in total. The van der Waals surface area contributed by atoms with Crippen LogP contribution in [0.1, 0.15) is 41.8 Å². The molecule has 3 N–H and O–H groups in total. The summed E-state index contributed by atoms with van der Waals surface area (Å²) in [5.41, 5.74) is 14.0. The molecule has 156 valence electrons. The number of aryl methyl sites for hydroxylation is 3. The number of nitrogens with two attached hydrogens (primary N) is 1. The van der Waals surface area contributed by atoms with E-state index in [0.29, 0.717) is 5.82 Å². The summed E-state index contributed by atoms with van der Waals surface area (Å²) in [7, 11) is 0. The molecule has 0 radical (unpaired) electrons. The molecule has 0 saturated heterocycles. The molecule has 4 aromatic rings. The molecule has 3 heterocycles. The van der Waals surface area contributed by atoms with Gasteiger partial charge in [-0.1, -0.05) is 6.07 Å². The molecule has 1 atom stereocenters. The number of nitrogens with zero attached hydrogens (tertiary/aromatic N) is 4. The Morgan fingerprint density at radius 3 is 2.81 bits per heavy atom. The molecule has 1 aliphatic carbocycles. The molecule has 0 aliphatic heterocycles. The Labute approximate surface area is 180 Å². The highest BCUT2D eigenvalue weighted by Gasteiger charge is 2.25. The molecular weight excluding hydrogens is 388 g/mol. The average molecular weight is 412 g/mol. The number of anilines is 1. The standard InChI is InChI=1S/C24H24N6O/c1-13-11-14(2)27-24-21(13)29-23(19-5-4-10-26-22(19)25)30(24)17-7-8-18-16(12-17)6-9-20(18)28-15(3)31/h4-5,7-8,10-12,20H,6,9H2,1-3H3,(H2,25,26)(H,28,31)/t20-/m0/s1. The van der Waals surface area contributed by atoms with Gasteiger partial charge < -0.3 is 11.1 Å². The smallest absolute Gasteiger partial charge is 0.217 e. The van der Waals surface area contributed by atoms with Gasteiger partial charge in [-0.15, -0.1) is 0 Å². The van der Waals surface area contributed by atoms with Crippen LogP contribution in [0, 0.1) is 13.8 Å². The monoisotopic (exact) mass is 412 g/mol. The Hall–Kier alpha value is -3.74. The summed E-state index contributed by atoms with van der Waals surface area (Å²) >= 11 is 0. The van der Waals surface area contributed by atoms with Crippen molar-refractivity contribution in [2.75, 3.05) is 5.73 Å². The van der Waals surface area contributed by atoms with Crippen molar-refractivity contribution in [2.45, 2.75) is 39.7 Å². The molecule has 1 amide bonds. The van der Waals surface area contributed by atoms with Crippen molar-refractivity contribution >= 4 is 22.9 Å². The number of fused-ring (bicyclic) bond motifs is 2. The minimum Gasteiger partial charge on any atom is -0.383 e. The lowest BCUT2D eigenvalue weighted by Crippen LogP contribution is -2.24. The Balaban J connectivity index is 1.74. The minimum atomic E-state index is -0.00739. The molecule has 1 aromatic carbocycles. The SMILES string of the molecule is CC(=O)N[C@H]1CCc2cc(-n3c(-c4cccnc4N)nc4c(C)cc(C)nc43)ccc21. The topological polar surface area (TPSA) is 98.7 Å². The second-order valence-electron chi connectivity index (χ2n) is 8.13. The van der Waals surface area contributed by atoms with Crippen LogP contribution >= 0.6 is 0 Å². The number of hydrogen-bond acceptors (Lipinski definition) is 5. The number of amides is 1. The molecule has 5 rings (SSSR count). The van der Waals surface area contributed by atoms with Gasteiger partial charge in [0, 0.05) is 24.5 Å². The maximum absolute atomic E-state index is 11.6. The van der Waals surface area contributed by atoms with E-state index in [-0.39, 0.29) is 11.9 Å². The van der Waals surface area contributed by atoms with Crippen LogP contribution in [0.5, 0.6) is 0 Å². The van der Waals surface area contributed by atoms with E-state index >= 15 is 0 Å². The van der Waals surface area contributed by atoms with Crippen molar-refractivity contribution in [3.8, 4) is 17.1 Å². The molecule has 7 heteroatoms. The Kier molecular flexibility index (Phi) is 4.46. The fourth-order valence-corrected chi connectivity index (χ4v) is 4.53. The van der Waals surface area contributed by atoms with Crippen LogP contribution in [0.15, 0.2) is 42.6 Å². The summed E-state index contributed by atoms with van der Waals surface area (Å²) < 4.78 is 2.06. The van der Waals surface area contributed by atoms with Crippen molar-refractivity contribution < 1.29 is 4.79 Å². The normalized spacial score (nSPS) is 15.3. The second kappa shape index (κ2) is 7.19. The number of nitrogen functional groups attached to an aromatic ring is 1. The van der Waals surface area contributed by atoms with E-state index in [2.05, 4.69) is 33.1 Å². The molecule has 3 aromatic heterocycles. The van der Waals surface area contributed by atoms with Gasteiger partial charge in [-0.3, -0.25) is 9.36 Å². The van der Waals surface area contributed by atoms with E-state index in [1.807, 2.05) is 32.0 Å². The van der Waals surface area contributed by atoms with Gasteiger partial charge in [0.1, 0.15) is 11.3 Å². The maximum atomic E-state index is 11.6. The van der Waals surface area contributed by atoms with Gasteiger partial charge in [-0.05, 0) is 73.7 Å². The third-order valence-electron chi connectivity index (χ3n) is 5.85. The lowest BCUT2D eigenvalue weighted by atomic mass is 10.1. The summed E-state index contributed by atoms with van der Waals surface area (Å²) in [5, 5.41) is 3.05. The van der Waals surface area contributed by atoms with Crippen LogP contribution in [0.25, 0.3) is 28.2 Å². The van der Waals surface area contributed by atoms with E-state index < -0.39 is 0 Å². The fourth-order valence-electron chi connectivity index (χ4n) is 4.53. The fraction of sp³-hybridized carbons (Fsp3) is 0.250. The van der Waals surface area contributed by atoms with Crippen LogP contribution in [-0.4, -0.2) is 25.4 Å². The van der Waals surface area contributed by atoms with E-state index in [0.717, 1.165) is 52.3 Å². The number of aromatic nitrogens is 4. The first kappa shape index (κ1) is 19.2. The zero-order valence-corrected chi connectivity index (χ0v) is 17.8. The Morgan fingerprint density at radius 1 is 1.19 bits per heavy atom. The molecule has 0 spiro atoms. The quantitative estimate of drug-likeness (QED) is 0.533. The van der Waals surface area contributed by atoms with E-state index in [1.165, 1.54) is 11.1 Å². The highest BCUT2D eigenvalue weighted by atomic mass is 16.1. The van der Waals surface area contributed by atoms with Crippen molar-refractivity contribution in [3.05, 3.63) is 65.0 Å². The predicted molar refractivity (Wildman–Crippen MR) is 121 cm³/mol. The molecule has 1 aliphatic rings. The number of pyridine rings is 2. The van der Waals surface area contributed by atoms with Gasteiger partial charge in [0.15, 0.2) is 11.5 Å². The number of hydrogen-bond donors (Lipinski definition) is 2. The number of carbonyl (C=O) groups is 1. The lowest BCUT2D eigenvalue weighted by molar-refractivity contribution is -0.119. The number of rotatable bonds is 3. The Morgan fingerprint density at radius 2 is 2.03 bits per heavy atom. The maximum Gasteiger partial charge on any atom is 0.217 e. The number of nitrogens with one attached hydrogen (secondary N) is 1. The zero-order valence-electron chi connectivity index (χ0n) is 17.8. The van der Waals surface area contributed by atoms with E-state index in [9.17, 15) is 4.79 Å². The summed E-state index contributed by atoms with van der Waals surface area (Å²) in [4.78, 5) is 25.6. The molecule has 0 bridgehead atoms. The van der Waals surface area contributed by atoms with Crippen LogP contribution in [0.4, 0.5) is 5.82 Å². The third-order valence-corrected chi connectivity index (χ3v) is 5.85.